The van der Waals surface area contributed by atoms with Crippen LogP contribution in [-0.2, 0) is 14.8 Å². The lowest BCUT2D eigenvalue weighted by Gasteiger charge is -2.08. The lowest BCUT2D eigenvalue weighted by Crippen LogP contribution is -2.17. The van der Waals surface area contributed by atoms with Crippen molar-refractivity contribution in [3.05, 3.63) is 53.8 Å². The maximum Gasteiger partial charge on any atom is 0.277 e. The first-order valence-corrected chi connectivity index (χ1v) is 10.4. The summed E-state index contributed by atoms with van der Waals surface area (Å²) >= 11 is 1.01. The van der Waals surface area contributed by atoms with Crippen LogP contribution in [0.4, 0.5) is 10.1 Å². The molecule has 146 valence electrons. The minimum Gasteiger partial charge on any atom is -0.411 e. The Balaban J connectivity index is 1.62. The molecule has 3 N–H and O–H groups in total. The summed E-state index contributed by atoms with van der Waals surface area (Å²) in [6.07, 6.45) is 0. The van der Waals surface area contributed by atoms with Crippen LogP contribution in [0.15, 0.2) is 57.0 Å². The number of benzene rings is 2. The molecule has 0 fully saturated rings. The third kappa shape index (κ3) is 4.94. The minimum atomic E-state index is -3.89. The molecule has 0 bridgehead atoms. The van der Waals surface area contributed by atoms with E-state index in [4.69, 9.17) is 9.56 Å². The zero-order valence-corrected chi connectivity index (χ0v) is 16.2. The smallest absolute Gasteiger partial charge is 0.277 e. The number of nitrogens with one attached hydrogen (secondary N) is 1. The Kier molecular flexibility index (Phi) is 5.77. The highest BCUT2D eigenvalue weighted by Gasteiger charge is 2.14. The second-order valence-corrected chi connectivity index (χ2v) is 8.20. The quantitative estimate of drug-likeness (QED) is 0.584. The Hall–Kier alpha value is -2.76. The van der Waals surface area contributed by atoms with Gasteiger partial charge in [0.2, 0.25) is 21.8 Å². The van der Waals surface area contributed by atoms with Gasteiger partial charge >= 0.3 is 0 Å². The Morgan fingerprint density at radius 1 is 1.21 bits per heavy atom. The van der Waals surface area contributed by atoms with Gasteiger partial charge in [-0.1, -0.05) is 17.8 Å². The second-order valence-electron chi connectivity index (χ2n) is 5.74. The van der Waals surface area contributed by atoms with E-state index in [-0.39, 0.29) is 27.6 Å². The zero-order valence-electron chi connectivity index (χ0n) is 14.5. The average molecular weight is 422 g/mol. The lowest BCUT2D eigenvalue weighted by molar-refractivity contribution is -0.113. The standard InChI is InChI=1S/C17H15FN4O4S2/c1-10-2-7-13(8-14(10)28(19,24)25)20-15(23)9-27-17-22-21-16(26-17)11-3-5-12(18)6-4-11/h2-8H,9H2,1H3,(H,20,23)(H2,19,24,25). The number of nitrogens with two attached hydrogens (primary N) is 1. The summed E-state index contributed by atoms with van der Waals surface area (Å²) < 4.78 is 41.5. The highest BCUT2D eigenvalue weighted by molar-refractivity contribution is 7.99. The van der Waals surface area contributed by atoms with Crippen LogP contribution in [0.2, 0.25) is 0 Å². The Bertz CT molecular complexity index is 1110. The van der Waals surface area contributed by atoms with E-state index in [1.54, 1.807) is 19.1 Å². The van der Waals surface area contributed by atoms with E-state index >= 15 is 0 Å². The highest BCUT2D eigenvalue weighted by atomic mass is 32.2. The fourth-order valence-electron chi connectivity index (χ4n) is 2.29. The van der Waals surface area contributed by atoms with E-state index in [2.05, 4.69) is 15.5 Å². The van der Waals surface area contributed by atoms with Gasteiger partial charge in [-0.15, -0.1) is 10.2 Å². The van der Waals surface area contributed by atoms with Crippen LogP contribution in [0.3, 0.4) is 0 Å². The topological polar surface area (TPSA) is 128 Å². The Morgan fingerprint density at radius 2 is 1.93 bits per heavy atom. The number of aromatic nitrogens is 2. The first-order valence-electron chi connectivity index (χ1n) is 7.88. The van der Waals surface area contributed by atoms with Gasteiger partial charge in [-0.2, -0.15) is 0 Å². The Morgan fingerprint density at radius 3 is 2.61 bits per heavy atom. The van der Waals surface area contributed by atoms with E-state index < -0.39 is 15.9 Å². The predicted molar refractivity (Wildman–Crippen MR) is 102 cm³/mol. The van der Waals surface area contributed by atoms with Crippen LogP contribution in [0.5, 0.6) is 0 Å². The lowest BCUT2D eigenvalue weighted by atomic mass is 10.2. The SMILES string of the molecule is Cc1ccc(NC(=O)CSc2nnc(-c3ccc(F)cc3)o2)cc1S(N)(=O)=O. The maximum absolute atomic E-state index is 13.0. The number of nitrogens with zero attached hydrogens (tertiary/aromatic N) is 2. The van der Waals surface area contributed by atoms with Crippen molar-refractivity contribution in [2.24, 2.45) is 5.14 Å². The molecular formula is C17H15FN4O4S2. The molecule has 3 aromatic rings. The molecule has 0 saturated carbocycles. The number of carbonyl (C=O) groups is 1. The van der Waals surface area contributed by atoms with E-state index in [0.29, 0.717) is 16.8 Å². The van der Waals surface area contributed by atoms with Gasteiger partial charge in [0.05, 0.1) is 10.6 Å². The molecule has 0 atom stereocenters. The molecule has 1 heterocycles. The van der Waals surface area contributed by atoms with Crippen molar-refractivity contribution in [1.29, 1.82) is 0 Å². The molecule has 1 aromatic heterocycles. The first-order chi connectivity index (χ1) is 13.2. The van der Waals surface area contributed by atoms with E-state index in [0.717, 1.165) is 11.8 Å². The van der Waals surface area contributed by atoms with Gasteiger partial charge in [0.15, 0.2) is 0 Å². The number of hydrogen-bond donors (Lipinski definition) is 2. The van der Waals surface area contributed by atoms with Crippen LogP contribution in [0.25, 0.3) is 11.5 Å². The predicted octanol–water partition coefficient (Wildman–Crippen LogP) is 2.56. The monoisotopic (exact) mass is 422 g/mol. The normalized spacial score (nSPS) is 11.4. The van der Waals surface area contributed by atoms with E-state index in [1.165, 1.54) is 30.3 Å². The molecule has 0 aliphatic carbocycles. The molecule has 1 amide bonds. The summed E-state index contributed by atoms with van der Waals surface area (Å²) in [5.74, 6) is -0.602. The second kappa shape index (κ2) is 8.09. The van der Waals surface area contributed by atoms with Crippen molar-refractivity contribution >= 4 is 33.4 Å². The average Bonchev–Trinajstić information content (AvgIpc) is 3.10. The third-order valence-corrected chi connectivity index (χ3v) is 5.47. The van der Waals surface area contributed by atoms with Crippen molar-refractivity contribution < 1.29 is 22.0 Å². The van der Waals surface area contributed by atoms with E-state index in [9.17, 15) is 17.6 Å². The number of thioether (sulfide) groups is 1. The van der Waals surface area contributed by atoms with Crippen molar-refractivity contribution in [3.8, 4) is 11.5 Å². The number of rotatable bonds is 6. The summed E-state index contributed by atoms with van der Waals surface area (Å²) in [5, 5.41) is 15.6. The molecule has 0 unspecified atom stereocenters. The largest absolute Gasteiger partial charge is 0.411 e. The maximum atomic E-state index is 13.0. The van der Waals surface area contributed by atoms with Crippen LogP contribution < -0.4 is 10.5 Å². The van der Waals surface area contributed by atoms with Crippen molar-refractivity contribution in [2.75, 3.05) is 11.1 Å². The van der Waals surface area contributed by atoms with E-state index in [1.807, 2.05) is 0 Å². The summed E-state index contributed by atoms with van der Waals surface area (Å²) in [7, 11) is -3.89. The van der Waals surface area contributed by atoms with Gasteiger partial charge in [-0.25, -0.2) is 17.9 Å². The number of sulfonamides is 1. The highest BCUT2D eigenvalue weighted by Crippen LogP contribution is 2.24. The molecule has 0 saturated heterocycles. The molecule has 0 aliphatic heterocycles. The van der Waals surface area contributed by atoms with Crippen LogP contribution in [0.1, 0.15) is 5.56 Å². The molecule has 0 aliphatic rings. The number of hydrogen-bond acceptors (Lipinski definition) is 7. The molecular weight excluding hydrogens is 407 g/mol. The molecule has 28 heavy (non-hydrogen) atoms. The summed E-state index contributed by atoms with van der Waals surface area (Å²) in [5.41, 5.74) is 1.34. The van der Waals surface area contributed by atoms with Gasteiger partial charge in [0.25, 0.3) is 5.22 Å². The van der Waals surface area contributed by atoms with Crippen molar-refractivity contribution in [2.45, 2.75) is 17.0 Å². The van der Waals surface area contributed by atoms with Gasteiger partial charge in [0.1, 0.15) is 5.82 Å². The summed E-state index contributed by atoms with van der Waals surface area (Å²) in [6.45, 7) is 1.61. The molecule has 0 spiro atoms. The molecule has 2 aromatic carbocycles. The molecule has 8 nitrogen and oxygen atoms in total. The Labute approximate surface area is 164 Å². The van der Waals surface area contributed by atoms with Crippen molar-refractivity contribution in [1.82, 2.24) is 10.2 Å². The molecule has 11 heteroatoms. The number of aryl methyl sites for hydroxylation is 1. The fraction of sp³-hybridized carbons (Fsp3) is 0.118. The molecule has 3 rings (SSSR count). The third-order valence-electron chi connectivity index (χ3n) is 3.60. The minimum absolute atomic E-state index is 0.0381. The number of halogens is 1. The van der Waals surface area contributed by atoms with Gasteiger partial charge < -0.3 is 9.73 Å². The number of carbonyl (C=O) groups excluding carboxylic acids is 1. The molecule has 0 radical (unpaired) electrons. The van der Waals surface area contributed by atoms with Gasteiger partial charge in [0, 0.05) is 11.3 Å². The first kappa shape index (κ1) is 20.0. The summed E-state index contributed by atoms with van der Waals surface area (Å²) in [6, 6.07) is 9.98. The van der Waals surface area contributed by atoms with Gasteiger partial charge in [-0.3, -0.25) is 4.79 Å². The van der Waals surface area contributed by atoms with Crippen molar-refractivity contribution in [3.63, 3.8) is 0 Å². The zero-order chi connectivity index (χ0) is 20.3. The van der Waals surface area contributed by atoms with Crippen LogP contribution in [0, 0.1) is 12.7 Å². The van der Waals surface area contributed by atoms with Gasteiger partial charge in [-0.05, 0) is 48.9 Å². The number of amides is 1. The van der Waals surface area contributed by atoms with Crippen LogP contribution in [-0.4, -0.2) is 30.3 Å². The number of anilines is 1. The van der Waals surface area contributed by atoms with Crippen LogP contribution >= 0.6 is 11.8 Å². The number of primary sulfonamides is 1. The summed E-state index contributed by atoms with van der Waals surface area (Å²) in [4.78, 5) is 12.0. The fourth-order valence-corrected chi connectivity index (χ4v) is 3.66.